The van der Waals surface area contributed by atoms with Crippen molar-refractivity contribution in [2.24, 2.45) is 0 Å². The standard InChI is InChI=1S/C18H17Cl2N5O3S/c1-24(29(27,28)15-3-2-7-21-10-15)12-18(26)23-17-6-8-22-25(17)11-13-4-5-14(19)9-16(13)20/h2-10H,11-12H2,1H3,(H,23,26). The Morgan fingerprint density at radius 2 is 2.00 bits per heavy atom. The van der Waals surface area contributed by atoms with Crippen molar-refractivity contribution in [2.45, 2.75) is 11.4 Å². The molecule has 2 aromatic heterocycles. The van der Waals surface area contributed by atoms with E-state index in [9.17, 15) is 13.2 Å². The van der Waals surface area contributed by atoms with Crippen molar-refractivity contribution in [3.8, 4) is 0 Å². The number of carbonyl (C=O) groups is 1. The van der Waals surface area contributed by atoms with E-state index in [1.165, 1.54) is 37.8 Å². The number of likely N-dealkylation sites (N-methyl/N-ethyl adjacent to an activating group) is 1. The van der Waals surface area contributed by atoms with Gasteiger partial charge >= 0.3 is 0 Å². The van der Waals surface area contributed by atoms with Crippen LogP contribution >= 0.6 is 23.2 Å². The van der Waals surface area contributed by atoms with Gasteiger partial charge in [-0.1, -0.05) is 29.3 Å². The highest BCUT2D eigenvalue weighted by atomic mass is 35.5. The summed E-state index contributed by atoms with van der Waals surface area (Å²) in [4.78, 5) is 16.2. The number of rotatable bonds is 7. The molecule has 0 fully saturated rings. The lowest BCUT2D eigenvalue weighted by molar-refractivity contribution is -0.116. The second-order valence-electron chi connectivity index (χ2n) is 6.11. The van der Waals surface area contributed by atoms with Gasteiger partial charge in [-0.3, -0.25) is 9.78 Å². The minimum atomic E-state index is -3.82. The number of nitrogens with one attached hydrogen (secondary N) is 1. The lowest BCUT2D eigenvalue weighted by Gasteiger charge is -2.17. The van der Waals surface area contributed by atoms with Crippen molar-refractivity contribution in [3.63, 3.8) is 0 Å². The van der Waals surface area contributed by atoms with E-state index in [1.807, 2.05) is 0 Å². The second-order valence-corrected chi connectivity index (χ2v) is 9.00. The minimum absolute atomic E-state index is 0.0118. The number of halogens is 2. The van der Waals surface area contributed by atoms with Gasteiger partial charge in [-0.25, -0.2) is 13.1 Å². The van der Waals surface area contributed by atoms with E-state index >= 15 is 0 Å². The predicted octanol–water partition coefficient (Wildman–Crippen LogP) is 2.89. The Kier molecular flexibility index (Phi) is 6.53. The van der Waals surface area contributed by atoms with Crippen molar-refractivity contribution in [1.29, 1.82) is 0 Å². The molecule has 8 nitrogen and oxygen atoms in total. The van der Waals surface area contributed by atoms with E-state index in [0.29, 0.717) is 22.4 Å². The highest BCUT2D eigenvalue weighted by Gasteiger charge is 2.23. The van der Waals surface area contributed by atoms with E-state index in [-0.39, 0.29) is 11.4 Å². The summed E-state index contributed by atoms with van der Waals surface area (Å²) in [6.07, 6.45) is 4.23. The molecule has 152 valence electrons. The molecule has 0 unspecified atom stereocenters. The van der Waals surface area contributed by atoms with Crippen molar-refractivity contribution >= 4 is 45.0 Å². The first kappa shape index (κ1) is 21.3. The molecule has 1 aromatic carbocycles. The first-order valence-electron chi connectivity index (χ1n) is 8.39. The number of sulfonamides is 1. The number of hydrogen-bond donors (Lipinski definition) is 1. The summed E-state index contributed by atoms with van der Waals surface area (Å²) < 4.78 is 27.5. The van der Waals surface area contributed by atoms with E-state index in [4.69, 9.17) is 23.2 Å². The SMILES string of the molecule is CN(CC(=O)Nc1ccnn1Cc1ccc(Cl)cc1Cl)S(=O)(=O)c1cccnc1. The number of nitrogens with zero attached hydrogens (tertiary/aromatic N) is 4. The Bertz CT molecular complexity index is 1120. The van der Waals surface area contributed by atoms with Crippen molar-refractivity contribution in [1.82, 2.24) is 19.1 Å². The second kappa shape index (κ2) is 8.91. The third-order valence-electron chi connectivity index (χ3n) is 4.03. The Labute approximate surface area is 178 Å². The number of carbonyl (C=O) groups excluding carboxylic acids is 1. The van der Waals surface area contributed by atoms with Crippen molar-refractivity contribution < 1.29 is 13.2 Å². The molecule has 0 saturated heterocycles. The fourth-order valence-electron chi connectivity index (χ4n) is 2.53. The summed E-state index contributed by atoms with van der Waals surface area (Å²) in [5, 5.41) is 7.84. The smallest absolute Gasteiger partial charge is 0.244 e. The summed E-state index contributed by atoms with van der Waals surface area (Å²) in [6.45, 7) is -0.0629. The van der Waals surface area contributed by atoms with E-state index < -0.39 is 15.9 Å². The molecular formula is C18H17Cl2N5O3S. The van der Waals surface area contributed by atoms with Gasteiger partial charge in [-0.05, 0) is 29.8 Å². The fourth-order valence-corrected chi connectivity index (χ4v) is 4.09. The number of hydrogen-bond acceptors (Lipinski definition) is 5. The average Bonchev–Trinajstić information content (AvgIpc) is 3.11. The normalized spacial score (nSPS) is 11.6. The van der Waals surface area contributed by atoms with Gasteiger partial charge in [0.2, 0.25) is 15.9 Å². The maximum absolute atomic E-state index is 12.5. The predicted molar refractivity (Wildman–Crippen MR) is 110 cm³/mol. The van der Waals surface area contributed by atoms with Crippen molar-refractivity contribution in [3.05, 3.63) is 70.6 Å². The van der Waals surface area contributed by atoms with Gasteiger partial charge in [-0.2, -0.15) is 9.40 Å². The highest BCUT2D eigenvalue weighted by Crippen LogP contribution is 2.22. The Balaban J connectivity index is 1.68. The molecule has 29 heavy (non-hydrogen) atoms. The van der Waals surface area contributed by atoms with Crippen LogP contribution in [0.25, 0.3) is 0 Å². The summed E-state index contributed by atoms with van der Waals surface area (Å²) >= 11 is 12.1. The van der Waals surface area contributed by atoms with Gasteiger partial charge in [0.15, 0.2) is 0 Å². The number of aromatic nitrogens is 3. The van der Waals surface area contributed by atoms with E-state index in [2.05, 4.69) is 15.4 Å². The van der Waals surface area contributed by atoms with Crippen LogP contribution < -0.4 is 5.32 Å². The van der Waals surface area contributed by atoms with Crippen LogP contribution in [-0.2, 0) is 21.4 Å². The first-order chi connectivity index (χ1) is 13.8. The number of pyridine rings is 1. The Hall–Kier alpha value is -2.46. The van der Waals surface area contributed by atoms with Crippen LogP contribution in [0.3, 0.4) is 0 Å². The summed E-state index contributed by atoms with van der Waals surface area (Å²) in [7, 11) is -2.50. The number of anilines is 1. The van der Waals surface area contributed by atoms with Crippen molar-refractivity contribution in [2.75, 3.05) is 18.9 Å². The number of benzene rings is 1. The third-order valence-corrected chi connectivity index (χ3v) is 6.40. The molecular weight excluding hydrogens is 437 g/mol. The molecule has 3 rings (SSSR count). The van der Waals surface area contributed by atoms with Crippen LogP contribution in [0, 0.1) is 0 Å². The monoisotopic (exact) mass is 453 g/mol. The average molecular weight is 454 g/mol. The lowest BCUT2D eigenvalue weighted by Crippen LogP contribution is -2.35. The fraction of sp³-hybridized carbons (Fsp3) is 0.167. The molecule has 0 bridgehead atoms. The maximum Gasteiger partial charge on any atom is 0.244 e. The molecule has 1 N–H and O–H groups in total. The molecule has 1 amide bonds. The zero-order chi connectivity index (χ0) is 21.0. The van der Waals surface area contributed by atoms with Gasteiger partial charge in [0.05, 0.1) is 19.3 Å². The van der Waals surface area contributed by atoms with Crippen LogP contribution in [0.1, 0.15) is 5.56 Å². The largest absolute Gasteiger partial charge is 0.310 e. The molecule has 0 aliphatic heterocycles. The van der Waals surface area contributed by atoms with Crippen LogP contribution in [0.4, 0.5) is 5.82 Å². The lowest BCUT2D eigenvalue weighted by atomic mass is 10.2. The zero-order valence-corrected chi connectivity index (χ0v) is 17.6. The molecule has 0 spiro atoms. The molecule has 11 heteroatoms. The molecule has 0 atom stereocenters. The van der Waals surface area contributed by atoms with Crippen LogP contribution in [0.5, 0.6) is 0 Å². The summed E-state index contributed by atoms with van der Waals surface area (Å²) in [6, 6.07) is 9.65. The van der Waals surface area contributed by atoms with Crippen LogP contribution in [-0.4, -0.2) is 47.0 Å². The van der Waals surface area contributed by atoms with Gasteiger partial charge < -0.3 is 5.32 Å². The van der Waals surface area contributed by atoms with Gasteiger partial charge in [0.25, 0.3) is 0 Å². The molecule has 2 heterocycles. The summed E-state index contributed by atoms with van der Waals surface area (Å²) in [5.74, 6) is -0.0999. The quantitative estimate of drug-likeness (QED) is 0.592. The van der Waals surface area contributed by atoms with Crippen LogP contribution in [0.2, 0.25) is 10.0 Å². The van der Waals surface area contributed by atoms with Gasteiger partial charge in [-0.15, -0.1) is 0 Å². The zero-order valence-electron chi connectivity index (χ0n) is 15.3. The minimum Gasteiger partial charge on any atom is -0.310 e. The van der Waals surface area contributed by atoms with Gasteiger partial charge in [0, 0.05) is 35.6 Å². The highest BCUT2D eigenvalue weighted by molar-refractivity contribution is 7.89. The third kappa shape index (κ3) is 5.13. The van der Waals surface area contributed by atoms with Crippen LogP contribution in [0.15, 0.2) is 59.9 Å². The molecule has 0 aliphatic rings. The topological polar surface area (TPSA) is 97.2 Å². The van der Waals surface area contributed by atoms with Gasteiger partial charge in [0.1, 0.15) is 10.7 Å². The number of amides is 1. The molecule has 0 aliphatic carbocycles. The molecule has 3 aromatic rings. The Morgan fingerprint density at radius 1 is 1.21 bits per heavy atom. The van der Waals surface area contributed by atoms with E-state index in [1.54, 1.807) is 28.9 Å². The first-order valence-corrected chi connectivity index (χ1v) is 10.6. The molecule has 0 saturated carbocycles. The van der Waals surface area contributed by atoms with E-state index in [0.717, 1.165) is 9.87 Å². The maximum atomic E-state index is 12.5. The molecule has 0 radical (unpaired) electrons. The summed E-state index contributed by atoms with van der Waals surface area (Å²) in [5.41, 5.74) is 0.770. The Morgan fingerprint density at radius 3 is 2.69 bits per heavy atom.